The molecule has 1 aliphatic rings. The van der Waals surface area contributed by atoms with Crippen molar-refractivity contribution in [3.05, 3.63) is 53.3 Å². The molecule has 0 spiro atoms. The molecule has 0 saturated carbocycles. The molecule has 1 unspecified atom stereocenters. The minimum absolute atomic E-state index is 0.0425. The summed E-state index contributed by atoms with van der Waals surface area (Å²) in [4.78, 5) is 30.1. The van der Waals surface area contributed by atoms with Gasteiger partial charge in [0.2, 0.25) is 5.13 Å². The molecule has 2 aromatic carbocycles. The predicted octanol–water partition coefficient (Wildman–Crippen LogP) is 5.53. The topological polar surface area (TPSA) is 145 Å². The van der Waals surface area contributed by atoms with Gasteiger partial charge in [-0.3, -0.25) is 0 Å². The van der Waals surface area contributed by atoms with Crippen LogP contribution >= 0.6 is 23.1 Å². The molecule has 1 atom stereocenters. The fraction of sp³-hybridized carbons (Fsp3) is 0.360. The Balaban J connectivity index is 1.67. The van der Waals surface area contributed by atoms with Gasteiger partial charge in [-0.25, -0.2) is 31.8 Å². The zero-order valence-corrected chi connectivity index (χ0v) is 25.2. The Morgan fingerprint density at radius 1 is 1.21 bits per heavy atom. The third kappa shape index (κ3) is 6.65. The molecule has 1 saturated heterocycles. The second-order valence-corrected chi connectivity index (χ2v) is 13.2. The summed E-state index contributed by atoms with van der Waals surface area (Å²) in [6.07, 6.45) is -0.867. The number of likely N-dealkylation sites (N-methyl/N-ethyl adjacent to an activating group) is 1. The summed E-state index contributed by atoms with van der Waals surface area (Å²) < 4.78 is 66.0. The van der Waals surface area contributed by atoms with E-state index in [1.165, 1.54) is 50.9 Å². The SMILES string of the molecule is CN(C(=O)O)C1CCN(c2cc(F)ccc2Nc2cc(F)c(S(=O)(=O)N(C(=O)OC(C)(C)C)c3ncns3)cc2Cl)C1. The number of benzene rings is 2. The smallest absolute Gasteiger partial charge is 0.431 e. The van der Waals surface area contributed by atoms with Gasteiger partial charge in [-0.2, -0.15) is 4.37 Å². The molecule has 3 aromatic rings. The molecule has 1 aliphatic heterocycles. The predicted molar refractivity (Wildman–Crippen MR) is 153 cm³/mol. The lowest BCUT2D eigenvalue weighted by molar-refractivity contribution is 0.0608. The van der Waals surface area contributed by atoms with Gasteiger partial charge >= 0.3 is 12.2 Å². The van der Waals surface area contributed by atoms with E-state index in [4.69, 9.17) is 16.3 Å². The fourth-order valence-corrected chi connectivity index (χ4v) is 6.57. The molecule has 226 valence electrons. The number of carboxylic acid groups (broad SMARTS) is 1. The number of rotatable bonds is 7. The van der Waals surface area contributed by atoms with Crippen LogP contribution in [0.3, 0.4) is 0 Å². The summed E-state index contributed by atoms with van der Waals surface area (Å²) in [5.41, 5.74) is -0.433. The first-order chi connectivity index (χ1) is 19.6. The van der Waals surface area contributed by atoms with E-state index in [2.05, 4.69) is 14.7 Å². The summed E-state index contributed by atoms with van der Waals surface area (Å²) in [6, 6.07) is 5.16. The number of nitrogens with one attached hydrogen (secondary N) is 1. The van der Waals surface area contributed by atoms with Crippen LogP contribution in [0.4, 0.5) is 40.6 Å². The molecule has 17 heteroatoms. The lowest BCUT2D eigenvalue weighted by Crippen LogP contribution is -2.41. The Kier molecular flexibility index (Phi) is 8.80. The molecule has 0 aliphatic carbocycles. The van der Waals surface area contributed by atoms with Crippen molar-refractivity contribution in [1.82, 2.24) is 14.3 Å². The number of halogens is 3. The van der Waals surface area contributed by atoms with Crippen LogP contribution in [-0.4, -0.2) is 71.7 Å². The average Bonchev–Trinajstić information content (AvgIpc) is 3.58. The monoisotopic (exact) mass is 644 g/mol. The molecule has 4 rings (SSSR count). The van der Waals surface area contributed by atoms with Crippen LogP contribution in [0, 0.1) is 11.6 Å². The highest BCUT2D eigenvalue weighted by Crippen LogP contribution is 2.37. The number of nitrogens with zero attached hydrogens (tertiary/aromatic N) is 5. The summed E-state index contributed by atoms with van der Waals surface area (Å²) >= 11 is 6.99. The van der Waals surface area contributed by atoms with Crippen LogP contribution in [0.2, 0.25) is 5.02 Å². The van der Waals surface area contributed by atoms with Crippen molar-refractivity contribution in [2.45, 2.75) is 43.7 Å². The first-order valence-corrected chi connectivity index (χ1v) is 15.0. The molecule has 1 fully saturated rings. The number of hydrogen-bond acceptors (Lipinski definition) is 10. The largest absolute Gasteiger partial charge is 0.465 e. The normalized spacial score (nSPS) is 15.4. The maximum Gasteiger partial charge on any atom is 0.431 e. The van der Waals surface area contributed by atoms with Gasteiger partial charge in [-0.05, 0) is 51.5 Å². The molecule has 42 heavy (non-hydrogen) atoms. The molecular weight excluding hydrogens is 618 g/mol. The Morgan fingerprint density at radius 2 is 1.93 bits per heavy atom. The average molecular weight is 645 g/mol. The number of carbonyl (C=O) groups is 2. The van der Waals surface area contributed by atoms with Crippen LogP contribution in [0.25, 0.3) is 0 Å². The van der Waals surface area contributed by atoms with Crippen molar-refractivity contribution in [1.29, 1.82) is 0 Å². The van der Waals surface area contributed by atoms with E-state index in [0.29, 0.717) is 35.9 Å². The zero-order chi connectivity index (χ0) is 31.0. The number of amides is 2. The molecule has 2 N–H and O–H groups in total. The maximum absolute atomic E-state index is 15.5. The van der Waals surface area contributed by atoms with Gasteiger partial charge < -0.3 is 25.0 Å². The van der Waals surface area contributed by atoms with E-state index in [9.17, 15) is 27.5 Å². The highest BCUT2D eigenvalue weighted by molar-refractivity contribution is 7.93. The van der Waals surface area contributed by atoms with Gasteiger partial charge in [0, 0.05) is 37.7 Å². The van der Waals surface area contributed by atoms with Crippen molar-refractivity contribution >= 4 is 67.5 Å². The van der Waals surface area contributed by atoms with Crippen LogP contribution in [-0.2, 0) is 14.8 Å². The molecule has 0 radical (unpaired) electrons. The minimum atomic E-state index is -4.92. The van der Waals surface area contributed by atoms with Gasteiger partial charge in [0.15, 0.2) is 0 Å². The highest BCUT2D eigenvalue weighted by atomic mass is 35.5. The summed E-state index contributed by atoms with van der Waals surface area (Å²) in [6.45, 7) is 5.30. The second kappa shape index (κ2) is 11.9. The Hall–Kier alpha value is -3.76. The maximum atomic E-state index is 15.5. The molecule has 2 heterocycles. The van der Waals surface area contributed by atoms with Crippen molar-refractivity contribution in [3.63, 3.8) is 0 Å². The van der Waals surface area contributed by atoms with Gasteiger partial charge in [0.1, 0.15) is 28.5 Å². The minimum Gasteiger partial charge on any atom is -0.465 e. The Morgan fingerprint density at radius 3 is 2.55 bits per heavy atom. The Bertz CT molecular complexity index is 1600. The quantitative estimate of drug-likeness (QED) is 0.337. The van der Waals surface area contributed by atoms with E-state index < -0.39 is 44.3 Å². The lowest BCUT2D eigenvalue weighted by Gasteiger charge is -2.26. The molecule has 1 aromatic heterocycles. The molecule has 2 amide bonds. The van der Waals surface area contributed by atoms with E-state index in [1.54, 1.807) is 4.90 Å². The van der Waals surface area contributed by atoms with Crippen LogP contribution < -0.4 is 14.5 Å². The van der Waals surface area contributed by atoms with E-state index in [1.807, 2.05) is 0 Å². The molecular formula is C25H27ClF2N6O6S2. The second-order valence-electron chi connectivity index (χ2n) is 10.3. The van der Waals surface area contributed by atoms with E-state index >= 15 is 4.39 Å². The van der Waals surface area contributed by atoms with Gasteiger partial charge in [0.25, 0.3) is 10.0 Å². The number of sulfonamides is 1. The number of aromatic nitrogens is 2. The molecule has 0 bridgehead atoms. The number of carbonyl (C=O) groups excluding carboxylic acids is 1. The molecule has 12 nitrogen and oxygen atoms in total. The Labute approximate surface area is 249 Å². The first kappa shape index (κ1) is 31.2. The summed E-state index contributed by atoms with van der Waals surface area (Å²) in [7, 11) is -3.46. The van der Waals surface area contributed by atoms with Crippen LogP contribution in [0.5, 0.6) is 0 Å². The highest BCUT2D eigenvalue weighted by Gasteiger charge is 2.39. The van der Waals surface area contributed by atoms with Crippen molar-refractivity contribution in [2.75, 3.05) is 34.7 Å². The number of anilines is 4. The van der Waals surface area contributed by atoms with Crippen LogP contribution in [0.1, 0.15) is 27.2 Å². The summed E-state index contributed by atoms with van der Waals surface area (Å²) in [5, 5.41) is 11.6. The zero-order valence-electron chi connectivity index (χ0n) is 22.8. The van der Waals surface area contributed by atoms with Gasteiger partial charge in [-0.1, -0.05) is 11.6 Å². The van der Waals surface area contributed by atoms with Crippen molar-refractivity contribution in [3.8, 4) is 0 Å². The van der Waals surface area contributed by atoms with Crippen molar-refractivity contribution < 1.29 is 36.6 Å². The van der Waals surface area contributed by atoms with Gasteiger partial charge in [-0.15, -0.1) is 4.31 Å². The number of ether oxygens (including phenoxy) is 1. The van der Waals surface area contributed by atoms with Gasteiger partial charge in [0.05, 0.1) is 28.1 Å². The third-order valence-corrected chi connectivity index (χ3v) is 8.96. The third-order valence-electron chi connectivity index (χ3n) is 6.21. The standard InChI is InChI=1S/C25H27ClF2N6O6S2/c1-25(2,3)40-24(37)34(22-29-13-30-41-22)42(38,39)21-10-16(26)19(11-17(21)28)31-18-6-5-14(27)9-20(18)33-8-7-15(12-33)32(4)23(35)36/h5-6,9-11,13,15,31H,7-8,12H2,1-4H3,(H,35,36). The van der Waals surface area contributed by atoms with E-state index in [0.717, 1.165) is 18.5 Å². The van der Waals surface area contributed by atoms with Crippen LogP contribution in [0.15, 0.2) is 41.6 Å². The van der Waals surface area contributed by atoms with Crippen molar-refractivity contribution in [2.24, 2.45) is 0 Å². The van der Waals surface area contributed by atoms with E-state index in [-0.39, 0.29) is 32.7 Å². The summed E-state index contributed by atoms with van der Waals surface area (Å²) in [5.74, 6) is -1.80. The lowest BCUT2D eigenvalue weighted by atomic mass is 10.2. The first-order valence-electron chi connectivity index (χ1n) is 12.4. The number of hydrogen-bond donors (Lipinski definition) is 2. The fourth-order valence-electron chi connectivity index (χ4n) is 4.21.